The first kappa shape index (κ1) is 15.4. The molecule has 0 rings (SSSR count). The normalized spacial score (nSPS) is 13.2. The van der Waals surface area contributed by atoms with Crippen molar-refractivity contribution < 1.29 is 14.3 Å². The van der Waals surface area contributed by atoms with Crippen molar-refractivity contribution in [2.45, 2.75) is 53.6 Å². The van der Waals surface area contributed by atoms with Gasteiger partial charge in [-0.2, -0.15) is 0 Å². The third-order valence-electron chi connectivity index (χ3n) is 2.33. The predicted molar refractivity (Wildman–Crippen MR) is 65.3 cm³/mol. The molecule has 3 heteroatoms. The van der Waals surface area contributed by atoms with Crippen molar-refractivity contribution in [1.29, 1.82) is 0 Å². The van der Waals surface area contributed by atoms with Crippen LogP contribution in [0, 0.1) is 11.8 Å². The second-order valence-corrected chi connectivity index (χ2v) is 5.05. The Morgan fingerprint density at radius 2 is 1.44 bits per heavy atom. The molecule has 1 atom stereocenters. The zero-order chi connectivity index (χ0) is 12.6. The average molecular weight is 230 g/mol. The quantitative estimate of drug-likeness (QED) is 0.601. The first-order valence-electron chi connectivity index (χ1n) is 6.21. The summed E-state index contributed by atoms with van der Waals surface area (Å²) in [6, 6.07) is 0. The fraction of sp³-hybridized carbons (Fsp3) is 0.923. The summed E-state index contributed by atoms with van der Waals surface area (Å²) < 4.78 is 10.5. The first-order chi connectivity index (χ1) is 7.43. The van der Waals surface area contributed by atoms with E-state index >= 15 is 0 Å². The Kier molecular flexibility index (Phi) is 8.26. The van der Waals surface area contributed by atoms with E-state index < -0.39 is 6.10 Å². The maximum absolute atomic E-state index is 11.5. The SMILES string of the molecule is CC(C)CCOC(=O)C(C)OCCC(C)C. The molecule has 0 heterocycles. The Hall–Kier alpha value is -0.570. The molecular weight excluding hydrogens is 204 g/mol. The number of esters is 1. The van der Waals surface area contributed by atoms with Crippen LogP contribution >= 0.6 is 0 Å². The largest absolute Gasteiger partial charge is 0.464 e. The molecule has 0 aliphatic rings. The highest BCUT2D eigenvalue weighted by Crippen LogP contribution is 2.04. The molecular formula is C13H26O3. The summed E-state index contributed by atoms with van der Waals surface area (Å²) in [5, 5.41) is 0. The molecule has 0 aliphatic carbocycles. The van der Waals surface area contributed by atoms with E-state index in [0.29, 0.717) is 25.0 Å². The Balaban J connectivity index is 3.57. The smallest absolute Gasteiger partial charge is 0.334 e. The number of carbonyl (C=O) groups excluding carboxylic acids is 1. The molecule has 0 fully saturated rings. The molecule has 0 N–H and O–H groups in total. The van der Waals surface area contributed by atoms with Crippen LogP contribution in [0.15, 0.2) is 0 Å². The van der Waals surface area contributed by atoms with Crippen LogP contribution in [-0.2, 0) is 14.3 Å². The van der Waals surface area contributed by atoms with Gasteiger partial charge in [0, 0.05) is 6.61 Å². The lowest BCUT2D eigenvalue weighted by molar-refractivity contribution is -0.156. The lowest BCUT2D eigenvalue weighted by Crippen LogP contribution is -2.24. The molecule has 0 saturated heterocycles. The number of rotatable bonds is 8. The van der Waals surface area contributed by atoms with Gasteiger partial charge in [-0.05, 0) is 31.6 Å². The van der Waals surface area contributed by atoms with Crippen LogP contribution in [0.3, 0.4) is 0 Å². The van der Waals surface area contributed by atoms with Gasteiger partial charge in [0.2, 0.25) is 0 Å². The molecule has 0 aromatic carbocycles. The van der Waals surface area contributed by atoms with Gasteiger partial charge in [0.05, 0.1) is 6.61 Å². The van der Waals surface area contributed by atoms with Crippen LogP contribution in [0.4, 0.5) is 0 Å². The maximum atomic E-state index is 11.5. The van der Waals surface area contributed by atoms with Gasteiger partial charge < -0.3 is 9.47 Å². The predicted octanol–water partition coefficient (Wildman–Crippen LogP) is 3.03. The van der Waals surface area contributed by atoms with E-state index in [1.165, 1.54) is 0 Å². The van der Waals surface area contributed by atoms with E-state index in [9.17, 15) is 4.79 Å². The molecule has 1 unspecified atom stereocenters. The van der Waals surface area contributed by atoms with Gasteiger partial charge in [-0.3, -0.25) is 0 Å². The molecule has 0 saturated carbocycles. The van der Waals surface area contributed by atoms with E-state index in [2.05, 4.69) is 27.7 Å². The third-order valence-corrected chi connectivity index (χ3v) is 2.33. The summed E-state index contributed by atoms with van der Waals surface area (Å²) >= 11 is 0. The zero-order valence-electron chi connectivity index (χ0n) is 11.3. The van der Waals surface area contributed by atoms with Crippen molar-refractivity contribution in [1.82, 2.24) is 0 Å². The molecule has 3 nitrogen and oxygen atoms in total. The van der Waals surface area contributed by atoms with Gasteiger partial charge in [-0.15, -0.1) is 0 Å². The molecule has 0 aliphatic heterocycles. The molecule has 0 bridgehead atoms. The Morgan fingerprint density at radius 3 is 1.94 bits per heavy atom. The van der Waals surface area contributed by atoms with Crippen LogP contribution in [0.1, 0.15) is 47.5 Å². The molecule has 16 heavy (non-hydrogen) atoms. The average Bonchev–Trinajstić information content (AvgIpc) is 2.16. The van der Waals surface area contributed by atoms with Crippen molar-refractivity contribution >= 4 is 5.97 Å². The molecule has 0 radical (unpaired) electrons. The lowest BCUT2D eigenvalue weighted by atomic mass is 10.1. The zero-order valence-corrected chi connectivity index (χ0v) is 11.3. The minimum absolute atomic E-state index is 0.246. The lowest BCUT2D eigenvalue weighted by Gasteiger charge is -2.14. The molecule has 96 valence electrons. The van der Waals surface area contributed by atoms with Gasteiger partial charge in [0.25, 0.3) is 0 Å². The van der Waals surface area contributed by atoms with Crippen molar-refractivity contribution in [3.63, 3.8) is 0 Å². The van der Waals surface area contributed by atoms with Crippen molar-refractivity contribution in [2.24, 2.45) is 11.8 Å². The van der Waals surface area contributed by atoms with Gasteiger partial charge in [-0.25, -0.2) is 4.79 Å². The van der Waals surface area contributed by atoms with Crippen LogP contribution in [0.2, 0.25) is 0 Å². The summed E-state index contributed by atoms with van der Waals surface area (Å²) in [7, 11) is 0. The topological polar surface area (TPSA) is 35.5 Å². The summed E-state index contributed by atoms with van der Waals surface area (Å²) in [6.45, 7) is 11.3. The fourth-order valence-corrected chi connectivity index (χ4v) is 1.06. The highest BCUT2D eigenvalue weighted by Gasteiger charge is 2.14. The van der Waals surface area contributed by atoms with E-state index in [1.807, 2.05) is 0 Å². The second-order valence-electron chi connectivity index (χ2n) is 5.05. The summed E-state index contributed by atoms with van der Waals surface area (Å²) in [5.74, 6) is 0.915. The molecule has 0 aromatic rings. The number of carbonyl (C=O) groups is 1. The monoisotopic (exact) mass is 230 g/mol. The highest BCUT2D eigenvalue weighted by molar-refractivity contribution is 5.74. The molecule has 0 spiro atoms. The van der Waals surface area contributed by atoms with Gasteiger partial charge >= 0.3 is 5.97 Å². The summed E-state index contributed by atoms with van der Waals surface area (Å²) in [4.78, 5) is 11.5. The van der Waals surface area contributed by atoms with Crippen molar-refractivity contribution in [2.75, 3.05) is 13.2 Å². The Labute approximate surface area is 99.5 Å². The van der Waals surface area contributed by atoms with E-state index in [1.54, 1.807) is 6.92 Å². The Morgan fingerprint density at radius 1 is 0.938 bits per heavy atom. The first-order valence-corrected chi connectivity index (χ1v) is 6.21. The summed E-state index contributed by atoms with van der Waals surface area (Å²) in [5.41, 5.74) is 0. The number of ether oxygens (including phenoxy) is 2. The highest BCUT2D eigenvalue weighted by atomic mass is 16.6. The summed E-state index contributed by atoms with van der Waals surface area (Å²) in [6.07, 6.45) is 1.44. The number of hydrogen-bond acceptors (Lipinski definition) is 3. The maximum Gasteiger partial charge on any atom is 0.334 e. The van der Waals surface area contributed by atoms with Crippen LogP contribution < -0.4 is 0 Å². The minimum atomic E-state index is -0.439. The fourth-order valence-electron chi connectivity index (χ4n) is 1.06. The van der Waals surface area contributed by atoms with Crippen LogP contribution in [0.25, 0.3) is 0 Å². The van der Waals surface area contributed by atoms with Gasteiger partial charge in [0.15, 0.2) is 6.10 Å². The standard InChI is InChI=1S/C13H26O3/c1-10(2)6-8-15-12(5)13(14)16-9-7-11(3)4/h10-12H,6-9H2,1-5H3. The van der Waals surface area contributed by atoms with E-state index in [0.717, 1.165) is 12.8 Å². The van der Waals surface area contributed by atoms with E-state index in [4.69, 9.17) is 9.47 Å². The van der Waals surface area contributed by atoms with Crippen LogP contribution in [0.5, 0.6) is 0 Å². The molecule has 0 amide bonds. The van der Waals surface area contributed by atoms with E-state index in [-0.39, 0.29) is 5.97 Å². The second kappa shape index (κ2) is 8.57. The third kappa shape index (κ3) is 8.72. The van der Waals surface area contributed by atoms with Crippen molar-refractivity contribution in [3.8, 4) is 0 Å². The van der Waals surface area contributed by atoms with Crippen molar-refractivity contribution in [3.05, 3.63) is 0 Å². The minimum Gasteiger partial charge on any atom is -0.464 e. The van der Waals surface area contributed by atoms with Gasteiger partial charge in [0.1, 0.15) is 0 Å². The van der Waals surface area contributed by atoms with Gasteiger partial charge in [-0.1, -0.05) is 27.7 Å². The number of hydrogen-bond donors (Lipinski definition) is 0. The molecule has 0 aromatic heterocycles. The Bertz CT molecular complexity index is 188. The van der Waals surface area contributed by atoms with Crippen LogP contribution in [-0.4, -0.2) is 25.3 Å².